The molecule has 20 heavy (non-hydrogen) atoms. The van der Waals surface area contributed by atoms with Crippen LogP contribution < -0.4 is 20.9 Å². The van der Waals surface area contributed by atoms with Crippen LogP contribution in [0.5, 0.6) is 10.4 Å². The van der Waals surface area contributed by atoms with Gasteiger partial charge in [-0.3, -0.25) is 4.79 Å². The predicted molar refractivity (Wildman–Crippen MR) is 78.8 cm³/mol. The molecule has 0 saturated heterocycles. The summed E-state index contributed by atoms with van der Waals surface area (Å²) in [6, 6.07) is 0. The van der Waals surface area contributed by atoms with E-state index in [0.29, 0.717) is 33.4 Å². The smallest absolute Gasteiger partial charge is 0.275 e. The molecule has 4 N–H and O–H groups in total. The predicted octanol–water partition coefficient (Wildman–Crippen LogP) is 1.79. The van der Waals surface area contributed by atoms with Gasteiger partial charge in [0, 0.05) is 0 Å². The van der Waals surface area contributed by atoms with E-state index in [-0.39, 0.29) is 17.4 Å². The molecule has 2 heterocycles. The van der Waals surface area contributed by atoms with Crippen LogP contribution in [0.25, 0.3) is 0 Å². The summed E-state index contributed by atoms with van der Waals surface area (Å²) in [4.78, 5) is 21.0. The maximum Gasteiger partial charge on any atom is 0.275 e. The van der Waals surface area contributed by atoms with E-state index in [9.17, 15) is 4.79 Å². The van der Waals surface area contributed by atoms with Gasteiger partial charge in [0.05, 0.1) is 13.2 Å². The molecular formula is C11H14N4O3S2. The number of nitrogens with zero attached hydrogens (tertiary/aromatic N) is 2. The number of nitrogen functional groups attached to an aromatic ring is 2. The molecular weight excluding hydrogens is 300 g/mol. The Balaban J connectivity index is 2.31. The third-order valence-electron chi connectivity index (χ3n) is 2.22. The van der Waals surface area contributed by atoms with Crippen molar-refractivity contribution in [1.82, 2.24) is 9.97 Å². The quantitative estimate of drug-likeness (QED) is 0.781. The number of nitrogens with two attached hydrogens (primary N) is 2. The molecule has 108 valence electrons. The van der Waals surface area contributed by atoms with Crippen molar-refractivity contribution >= 4 is 40.1 Å². The van der Waals surface area contributed by atoms with Crippen LogP contribution in [0.1, 0.15) is 28.4 Å². The maximum absolute atomic E-state index is 12.4. The number of hydrogen-bond donors (Lipinski definition) is 2. The van der Waals surface area contributed by atoms with E-state index in [1.165, 1.54) is 0 Å². The van der Waals surface area contributed by atoms with E-state index >= 15 is 0 Å². The van der Waals surface area contributed by atoms with Gasteiger partial charge in [-0.25, -0.2) is 0 Å². The summed E-state index contributed by atoms with van der Waals surface area (Å²) in [5, 5.41) is 0.725. The highest BCUT2D eigenvalue weighted by Crippen LogP contribution is 2.34. The summed E-state index contributed by atoms with van der Waals surface area (Å²) in [6.45, 7) is 4.57. The highest BCUT2D eigenvalue weighted by Gasteiger charge is 2.24. The van der Waals surface area contributed by atoms with Crippen LogP contribution >= 0.6 is 22.7 Å². The number of carbonyl (C=O) groups is 1. The van der Waals surface area contributed by atoms with E-state index in [1.807, 2.05) is 13.8 Å². The Kier molecular flexibility index (Phi) is 4.40. The van der Waals surface area contributed by atoms with E-state index < -0.39 is 0 Å². The minimum absolute atomic E-state index is 0.134. The molecule has 7 nitrogen and oxygen atoms in total. The highest BCUT2D eigenvalue weighted by molar-refractivity contribution is 7.19. The molecule has 0 spiro atoms. The van der Waals surface area contributed by atoms with Crippen molar-refractivity contribution in [2.24, 2.45) is 0 Å². The Bertz CT molecular complexity index is 571. The Hall–Kier alpha value is -1.87. The topological polar surface area (TPSA) is 113 Å². The first-order valence-corrected chi connectivity index (χ1v) is 7.53. The summed E-state index contributed by atoms with van der Waals surface area (Å²) in [5.74, 6) is -0.0460. The van der Waals surface area contributed by atoms with Crippen molar-refractivity contribution in [1.29, 1.82) is 0 Å². The summed E-state index contributed by atoms with van der Waals surface area (Å²) >= 11 is 2.19. The van der Waals surface area contributed by atoms with Crippen LogP contribution in [-0.2, 0) is 0 Å². The highest BCUT2D eigenvalue weighted by atomic mass is 32.1. The molecule has 0 bridgehead atoms. The third kappa shape index (κ3) is 2.83. The molecule has 0 aliphatic carbocycles. The van der Waals surface area contributed by atoms with Gasteiger partial charge >= 0.3 is 0 Å². The second-order valence-corrected chi connectivity index (χ2v) is 5.51. The lowest BCUT2D eigenvalue weighted by molar-refractivity contribution is 0.104. The van der Waals surface area contributed by atoms with Crippen molar-refractivity contribution in [3.63, 3.8) is 0 Å². The molecule has 2 rings (SSSR count). The summed E-state index contributed by atoms with van der Waals surface area (Å²) < 4.78 is 10.5. The molecule has 9 heteroatoms. The molecule has 0 aromatic carbocycles. The van der Waals surface area contributed by atoms with Gasteiger partial charge in [-0.1, -0.05) is 22.7 Å². The Morgan fingerprint density at radius 2 is 1.40 bits per heavy atom. The second-order valence-electron chi connectivity index (χ2n) is 3.58. The van der Waals surface area contributed by atoms with E-state index in [1.54, 1.807) is 0 Å². The average Bonchev–Trinajstić information content (AvgIpc) is 2.93. The molecule has 0 fully saturated rings. The van der Waals surface area contributed by atoms with Crippen molar-refractivity contribution in [2.45, 2.75) is 13.8 Å². The first-order chi connectivity index (χ1) is 9.56. The van der Waals surface area contributed by atoms with Crippen LogP contribution in [-0.4, -0.2) is 29.0 Å². The fourth-order valence-corrected chi connectivity index (χ4v) is 3.17. The zero-order valence-corrected chi connectivity index (χ0v) is 12.6. The van der Waals surface area contributed by atoms with Crippen molar-refractivity contribution < 1.29 is 14.3 Å². The average molecular weight is 314 g/mol. The van der Waals surface area contributed by atoms with Crippen molar-refractivity contribution in [3.8, 4) is 10.4 Å². The Labute approximate surface area is 123 Å². The molecule has 2 aromatic rings. The lowest BCUT2D eigenvalue weighted by Crippen LogP contribution is -2.03. The molecule has 0 atom stereocenters. The normalized spacial score (nSPS) is 10.5. The van der Waals surface area contributed by atoms with Gasteiger partial charge in [-0.15, -0.1) is 0 Å². The summed E-state index contributed by atoms with van der Waals surface area (Å²) in [7, 11) is 0. The molecule has 0 unspecified atom stereocenters. The van der Waals surface area contributed by atoms with Gasteiger partial charge in [-0.2, -0.15) is 9.97 Å². The number of ketones is 1. The Morgan fingerprint density at radius 3 is 1.75 bits per heavy atom. The summed E-state index contributed by atoms with van der Waals surface area (Å²) in [5.41, 5.74) is 11.5. The van der Waals surface area contributed by atoms with E-state index in [4.69, 9.17) is 20.9 Å². The molecule has 2 aromatic heterocycles. The number of aromatic nitrogens is 2. The van der Waals surface area contributed by atoms with Gasteiger partial charge in [0.15, 0.2) is 0 Å². The number of anilines is 2. The van der Waals surface area contributed by atoms with E-state index in [2.05, 4.69) is 9.97 Å². The largest absolute Gasteiger partial charge is 0.470 e. The summed E-state index contributed by atoms with van der Waals surface area (Å²) in [6.07, 6.45) is 0. The number of carbonyl (C=O) groups excluding carboxylic acids is 1. The minimum atomic E-state index is -0.313. The number of thiazole rings is 2. The fraction of sp³-hybridized carbons (Fsp3) is 0.364. The maximum atomic E-state index is 12.4. The van der Waals surface area contributed by atoms with Gasteiger partial charge in [-0.05, 0) is 13.8 Å². The molecule has 0 aliphatic heterocycles. The number of rotatable bonds is 6. The molecule has 0 amide bonds. The van der Waals surface area contributed by atoms with Gasteiger partial charge < -0.3 is 20.9 Å². The van der Waals surface area contributed by atoms with Crippen LogP contribution in [0, 0.1) is 0 Å². The first-order valence-electron chi connectivity index (χ1n) is 5.89. The first kappa shape index (κ1) is 14.5. The van der Waals surface area contributed by atoms with E-state index in [0.717, 1.165) is 22.7 Å². The van der Waals surface area contributed by atoms with Crippen LogP contribution in [0.2, 0.25) is 0 Å². The van der Waals surface area contributed by atoms with Crippen LogP contribution in [0.3, 0.4) is 0 Å². The second kappa shape index (κ2) is 6.06. The van der Waals surface area contributed by atoms with Gasteiger partial charge in [0.2, 0.25) is 5.78 Å². The monoisotopic (exact) mass is 314 g/mol. The van der Waals surface area contributed by atoms with Gasteiger partial charge in [0.1, 0.15) is 21.4 Å². The number of hydrogen-bond acceptors (Lipinski definition) is 9. The fourth-order valence-electron chi connectivity index (χ4n) is 1.42. The lowest BCUT2D eigenvalue weighted by Gasteiger charge is -1.95. The SMILES string of the molecule is CCOc1nc(N)c(C(=O)c2sc(OCC)nc2N)s1. The van der Waals surface area contributed by atoms with Crippen molar-refractivity contribution in [2.75, 3.05) is 24.7 Å². The van der Waals surface area contributed by atoms with Gasteiger partial charge in [0.25, 0.3) is 10.4 Å². The zero-order chi connectivity index (χ0) is 14.7. The van der Waals surface area contributed by atoms with Crippen LogP contribution in [0.4, 0.5) is 11.6 Å². The van der Waals surface area contributed by atoms with Crippen LogP contribution in [0.15, 0.2) is 0 Å². The third-order valence-corrected chi connectivity index (χ3v) is 4.18. The van der Waals surface area contributed by atoms with Crippen molar-refractivity contribution in [3.05, 3.63) is 9.75 Å². The standard InChI is InChI=1S/C11H14N4O3S2/c1-3-17-10-14-8(12)6(19-10)5(16)7-9(13)15-11(20-7)18-4-2/h3-4,12-13H2,1-2H3. The molecule has 0 radical (unpaired) electrons. The minimum Gasteiger partial charge on any atom is -0.470 e. The zero-order valence-electron chi connectivity index (χ0n) is 11.0. The molecule has 0 saturated carbocycles. The molecule has 0 aliphatic rings. The Morgan fingerprint density at radius 1 is 1.00 bits per heavy atom. The lowest BCUT2D eigenvalue weighted by atomic mass is 10.3. The number of ether oxygens (including phenoxy) is 2.